The number of hydrogen-bond acceptors (Lipinski definition) is 3. The Kier molecular flexibility index (Phi) is 4.71. The van der Waals surface area contributed by atoms with Crippen LogP contribution >= 0.6 is 0 Å². The summed E-state index contributed by atoms with van der Waals surface area (Å²) in [6.45, 7) is 4.55. The van der Waals surface area contributed by atoms with Crippen molar-refractivity contribution in [3.63, 3.8) is 0 Å². The molecule has 1 aromatic heterocycles. The zero-order chi connectivity index (χ0) is 13.1. The third kappa shape index (κ3) is 3.54. The van der Waals surface area contributed by atoms with Crippen molar-refractivity contribution in [2.24, 2.45) is 7.05 Å². The monoisotopic (exact) mass is 238 g/mol. The summed E-state index contributed by atoms with van der Waals surface area (Å²) in [5.74, 6) is 0. The summed E-state index contributed by atoms with van der Waals surface area (Å²) in [4.78, 5) is 2.28. The Morgan fingerprint density at radius 1 is 1.47 bits per heavy atom. The first-order valence-electron chi connectivity index (χ1n) is 6.20. The Bertz CT molecular complexity index is 341. The van der Waals surface area contributed by atoms with Crippen LogP contribution in [0.25, 0.3) is 0 Å². The lowest BCUT2D eigenvalue weighted by Gasteiger charge is -2.40. The van der Waals surface area contributed by atoms with Gasteiger partial charge in [-0.05, 0) is 53.4 Å². The third-order valence-electron chi connectivity index (χ3n) is 3.83. The van der Waals surface area contributed by atoms with Gasteiger partial charge >= 0.3 is 0 Å². The average Bonchev–Trinajstić information content (AvgIpc) is 2.64. The Labute approximate surface area is 105 Å². The first kappa shape index (κ1) is 14.2. The molecule has 0 radical (unpaired) electrons. The van der Waals surface area contributed by atoms with Gasteiger partial charge in [-0.2, -0.15) is 5.10 Å². The lowest BCUT2D eigenvalue weighted by atomic mass is 9.89. The van der Waals surface area contributed by atoms with Crippen LogP contribution in [0.15, 0.2) is 12.4 Å². The van der Waals surface area contributed by atoms with Gasteiger partial charge in [-0.25, -0.2) is 0 Å². The number of aryl methyl sites for hydroxylation is 2. The summed E-state index contributed by atoms with van der Waals surface area (Å²) in [7, 11) is 8.27. The minimum atomic E-state index is 0.150. The van der Waals surface area contributed by atoms with Crippen LogP contribution in [0.5, 0.6) is 0 Å². The fourth-order valence-electron chi connectivity index (χ4n) is 2.07. The molecule has 0 aromatic carbocycles. The number of likely N-dealkylation sites (N-methyl/N-ethyl adjacent to an activating group) is 2. The van der Waals surface area contributed by atoms with Gasteiger partial charge in [-0.15, -0.1) is 0 Å². The minimum absolute atomic E-state index is 0.150. The zero-order valence-corrected chi connectivity index (χ0v) is 12.0. The standard InChI is InChI=1S/C13H26N4/c1-13(2,16(4)5)12(14-3)8-7-11-9-15-17(6)10-11/h9-10,12,14H,7-8H2,1-6H3. The summed E-state index contributed by atoms with van der Waals surface area (Å²) < 4.78 is 1.86. The van der Waals surface area contributed by atoms with E-state index in [1.54, 1.807) is 0 Å². The van der Waals surface area contributed by atoms with Crippen molar-refractivity contribution in [2.75, 3.05) is 21.1 Å². The zero-order valence-electron chi connectivity index (χ0n) is 12.0. The van der Waals surface area contributed by atoms with Crippen molar-refractivity contribution < 1.29 is 0 Å². The van der Waals surface area contributed by atoms with E-state index in [0.29, 0.717) is 6.04 Å². The van der Waals surface area contributed by atoms with Gasteiger partial charge < -0.3 is 10.2 Å². The molecule has 0 amide bonds. The molecule has 0 aliphatic carbocycles. The van der Waals surface area contributed by atoms with Crippen molar-refractivity contribution >= 4 is 0 Å². The molecule has 0 saturated carbocycles. The van der Waals surface area contributed by atoms with Gasteiger partial charge in [0.05, 0.1) is 6.20 Å². The molecule has 98 valence electrons. The van der Waals surface area contributed by atoms with Crippen LogP contribution < -0.4 is 5.32 Å². The molecule has 0 bridgehead atoms. The van der Waals surface area contributed by atoms with Crippen LogP contribution in [0.2, 0.25) is 0 Å². The maximum atomic E-state index is 4.20. The Morgan fingerprint density at radius 3 is 2.53 bits per heavy atom. The van der Waals surface area contributed by atoms with Gasteiger partial charge in [0, 0.05) is 24.8 Å². The van der Waals surface area contributed by atoms with E-state index in [9.17, 15) is 0 Å². The Hall–Kier alpha value is -0.870. The lowest BCUT2D eigenvalue weighted by Crippen LogP contribution is -2.54. The van der Waals surface area contributed by atoms with Crippen molar-refractivity contribution in [1.82, 2.24) is 20.0 Å². The summed E-state index contributed by atoms with van der Waals surface area (Å²) >= 11 is 0. The summed E-state index contributed by atoms with van der Waals surface area (Å²) in [5.41, 5.74) is 1.46. The van der Waals surface area contributed by atoms with Crippen molar-refractivity contribution in [2.45, 2.75) is 38.3 Å². The minimum Gasteiger partial charge on any atom is -0.315 e. The Balaban J connectivity index is 2.59. The largest absolute Gasteiger partial charge is 0.315 e. The third-order valence-corrected chi connectivity index (χ3v) is 3.83. The first-order chi connectivity index (χ1) is 7.87. The molecule has 4 heteroatoms. The molecule has 0 aliphatic rings. The van der Waals surface area contributed by atoms with E-state index < -0.39 is 0 Å². The van der Waals surface area contributed by atoms with Crippen LogP contribution in [0, 0.1) is 0 Å². The number of rotatable bonds is 6. The van der Waals surface area contributed by atoms with Crippen LogP contribution in [-0.2, 0) is 13.5 Å². The lowest BCUT2D eigenvalue weighted by molar-refractivity contribution is 0.137. The molecule has 4 nitrogen and oxygen atoms in total. The smallest absolute Gasteiger partial charge is 0.0521 e. The fraction of sp³-hybridized carbons (Fsp3) is 0.769. The van der Waals surface area contributed by atoms with Crippen LogP contribution in [-0.4, -0.2) is 47.4 Å². The molecular weight excluding hydrogens is 212 g/mol. The van der Waals surface area contributed by atoms with Crippen LogP contribution in [0.1, 0.15) is 25.8 Å². The molecule has 1 aromatic rings. The topological polar surface area (TPSA) is 33.1 Å². The van der Waals surface area contributed by atoms with E-state index in [2.05, 4.69) is 49.5 Å². The normalized spacial score (nSPS) is 14.3. The quantitative estimate of drug-likeness (QED) is 0.810. The maximum absolute atomic E-state index is 4.20. The van der Waals surface area contributed by atoms with E-state index in [4.69, 9.17) is 0 Å². The highest BCUT2D eigenvalue weighted by Crippen LogP contribution is 2.19. The highest BCUT2D eigenvalue weighted by Gasteiger charge is 2.29. The summed E-state index contributed by atoms with van der Waals surface area (Å²) in [5, 5.41) is 7.64. The summed E-state index contributed by atoms with van der Waals surface area (Å²) in [6, 6.07) is 0.470. The molecule has 1 unspecified atom stereocenters. The second-order valence-electron chi connectivity index (χ2n) is 5.45. The van der Waals surface area contributed by atoms with Gasteiger partial charge in [0.25, 0.3) is 0 Å². The molecule has 1 N–H and O–H groups in total. The van der Waals surface area contributed by atoms with E-state index in [1.165, 1.54) is 5.56 Å². The number of nitrogens with zero attached hydrogens (tertiary/aromatic N) is 3. The number of nitrogens with one attached hydrogen (secondary N) is 1. The van der Waals surface area contributed by atoms with Crippen molar-refractivity contribution in [3.05, 3.63) is 18.0 Å². The van der Waals surface area contributed by atoms with E-state index in [1.807, 2.05) is 25.0 Å². The predicted octanol–water partition coefficient (Wildman–Crippen LogP) is 1.28. The molecule has 1 rings (SSSR count). The molecule has 0 aliphatic heterocycles. The SMILES string of the molecule is CNC(CCc1cnn(C)c1)C(C)(C)N(C)C. The number of hydrogen-bond donors (Lipinski definition) is 1. The van der Waals surface area contributed by atoms with E-state index >= 15 is 0 Å². The highest BCUT2D eigenvalue weighted by molar-refractivity contribution is 5.05. The van der Waals surface area contributed by atoms with Gasteiger partial charge in [-0.1, -0.05) is 0 Å². The van der Waals surface area contributed by atoms with Gasteiger partial charge in [0.2, 0.25) is 0 Å². The molecule has 0 spiro atoms. The molecule has 0 saturated heterocycles. The van der Waals surface area contributed by atoms with Crippen molar-refractivity contribution in [3.8, 4) is 0 Å². The fourth-order valence-corrected chi connectivity index (χ4v) is 2.07. The van der Waals surface area contributed by atoms with Crippen molar-refractivity contribution in [1.29, 1.82) is 0 Å². The maximum Gasteiger partial charge on any atom is 0.0521 e. The molecule has 0 fully saturated rings. The molecular formula is C13H26N4. The average molecular weight is 238 g/mol. The number of aromatic nitrogens is 2. The second kappa shape index (κ2) is 5.65. The molecule has 1 heterocycles. The Morgan fingerprint density at radius 2 is 2.12 bits per heavy atom. The van der Waals surface area contributed by atoms with Gasteiger partial charge in [0.15, 0.2) is 0 Å². The van der Waals surface area contributed by atoms with E-state index in [-0.39, 0.29) is 5.54 Å². The summed E-state index contributed by atoms with van der Waals surface area (Å²) in [6.07, 6.45) is 6.23. The molecule has 1 atom stereocenters. The van der Waals surface area contributed by atoms with E-state index in [0.717, 1.165) is 12.8 Å². The highest BCUT2D eigenvalue weighted by atomic mass is 15.2. The van der Waals surface area contributed by atoms with Crippen LogP contribution in [0.4, 0.5) is 0 Å². The predicted molar refractivity (Wildman–Crippen MR) is 72.1 cm³/mol. The molecule has 17 heavy (non-hydrogen) atoms. The first-order valence-corrected chi connectivity index (χ1v) is 6.20. The van der Waals surface area contributed by atoms with Gasteiger partial charge in [0.1, 0.15) is 0 Å². The second-order valence-corrected chi connectivity index (χ2v) is 5.45. The van der Waals surface area contributed by atoms with Crippen LogP contribution in [0.3, 0.4) is 0 Å². The van der Waals surface area contributed by atoms with Gasteiger partial charge in [-0.3, -0.25) is 4.68 Å².